The summed E-state index contributed by atoms with van der Waals surface area (Å²) < 4.78 is 2.21. The number of unbranched alkanes of at least 4 members (excludes halogenated alkanes) is 1. The third-order valence-corrected chi connectivity index (χ3v) is 4.09. The molecule has 0 amide bonds. The molecule has 20 heavy (non-hydrogen) atoms. The fourth-order valence-corrected chi connectivity index (χ4v) is 2.78. The molecule has 4 nitrogen and oxygen atoms in total. The Kier molecular flexibility index (Phi) is 4.03. The average molecular weight is 273 g/mol. The summed E-state index contributed by atoms with van der Waals surface area (Å²) in [5.74, 6) is 0. The lowest BCUT2D eigenvalue weighted by Crippen LogP contribution is -2.27. The van der Waals surface area contributed by atoms with E-state index >= 15 is 0 Å². The molecule has 0 spiro atoms. The van der Waals surface area contributed by atoms with Gasteiger partial charge in [-0.3, -0.25) is 4.90 Å². The number of imidazole rings is 1. The van der Waals surface area contributed by atoms with Crippen molar-refractivity contribution in [1.82, 2.24) is 14.3 Å². The molecule has 1 saturated carbocycles. The first kappa shape index (κ1) is 13.6. The summed E-state index contributed by atoms with van der Waals surface area (Å²) in [6, 6.07) is 4.93. The Balaban J connectivity index is 1.74. The highest BCUT2D eigenvalue weighted by atomic mass is 16.2. The molecule has 2 aromatic rings. The smallest absolute Gasteiger partial charge is 0.139 e. The summed E-state index contributed by atoms with van der Waals surface area (Å²) in [6.45, 7) is 4.43. The van der Waals surface area contributed by atoms with Gasteiger partial charge in [0.2, 0.25) is 0 Å². The first-order valence-corrected chi connectivity index (χ1v) is 7.56. The van der Waals surface area contributed by atoms with E-state index in [0.29, 0.717) is 6.61 Å². The Labute approximate surface area is 120 Å². The van der Waals surface area contributed by atoms with Crippen molar-refractivity contribution in [2.45, 2.75) is 45.2 Å². The zero-order valence-electron chi connectivity index (χ0n) is 12.1. The van der Waals surface area contributed by atoms with Gasteiger partial charge in [0.1, 0.15) is 5.65 Å². The normalized spacial score (nSPS) is 15.3. The third-order valence-electron chi connectivity index (χ3n) is 4.09. The second-order valence-corrected chi connectivity index (χ2v) is 5.77. The molecule has 2 heterocycles. The summed E-state index contributed by atoms with van der Waals surface area (Å²) in [7, 11) is 0. The number of hydrogen-bond acceptors (Lipinski definition) is 3. The van der Waals surface area contributed by atoms with Crippen molar-refractivity contribution in [3.63, 3.8) is 0 Å². The summed E-state index contributed by atoms with van der Waals surface area (Å²) >= 11 is 0. The predicted molar refractivity (Wildman–Crippen MR) is 79.7 cm³/mol. The van der Waals surface area contributed by atoms with E-state index in [-0.39, 0.29) is 0 Å². The number of aryl methyl sites for hydroxylation is 1. The SMILES string of the molecule is Cc1cccn2c(CN(CCCCO)C3CC3)cnc12. The van der Waals surface area contributed by atoms with Gasteiger partial charge in [-0.1, -0.05) is 6.07 Å². The Hall–Kier alpha value is -1.39. The van der Waals surface area contributed by atoms with E-state index in [1.165, 1.54) is 24.1 Å². The van der Waals surface area contributed by atoms with Gasteiger partial charge in [-0.15, -0.1) is 0 Å². The van der Waals surface area contributed by atoms with Crippen LogP contribution in [0.5, 0.6) is 0 Å². The largest absolute Gasteiger partial charge is 0.396 e. The van der Waals surface area contributed by atoms with Crippen molar-refractivity contribution in [3.05, 3.63) is 35.8 Å². The van der Waals surface area contributed by atoms with Crippen LogP contribution in [0.1, 0.15) is 36.9 Å². The molecule has 1 fully saturated rings. The zero-order chi connectivity index (χ0) is 13.9. The molecule has 4 heteroatoms. The standard InChI is InChI=1S/C16H23N3O/c1-13-5-4-9-19-15(11-17-16(13)19)12-18(14-6-7-14)8-2-3-10-20/h4-5,9,11,14,20H,2-3,6-8,10,12H2,1H3. The average Bonchev–Trinajstić information content (AvgIpc) is 3.21. The molecule has 2 aromatic heterocycles. The maximum Gasteiger partial charge on any atom is 0.139 e. The first-order valence-electron chi connectivity index (χ1n) is 7.56. The van der Waals surface area contributed by atoms with Gasteiger partial charge >= 0.3 is 0 Å². The summed E-state index contributed by atoms with van der Waals surface area (Å²) in [5.41, 5.74) is 3.55. The lowest BCUT2D eigenvalue weighted by molar-refractivity contribution is 0.226. The molecule has 0 unspecified atom stereocenters. The second-order valence-electron chi connectivity index (χ2n) is 5.77. The van der Waals surface area contributed by atoms with Gasteiger partial charge in [-0.25, -0.2) is 4.98 Å². The molecule has 3 rings (SSSR count). The molecule has 0 aromatic carbocycles. The molecule has 1 aliphatic rings. The van der Waals surface area contributed by atoms with Gasteiger partial charge < -0.3 is 9.51 Å². The van der Waals surface area contributed by atoms with Crippen molar-refractivity contribution in [2.75, 3.05) is 13.2 Å². The fraction of sp³-hybridized carbons (Fsp3) is 0.562. The lowest BCUT2D eigenvalue weighted by atomic mass is 10.2. The van der Waals surface area contributed by atoms with E-state index in [2.05, 4.69) is 39.5 Å². The number of aliphatic hydroxyl groups excluding tert-OH is 1. The van der Waals surface area contributed by atoms with Gasteiger partial charge in [0.05, 0.1) is 11.9 Å². The number of fused-ring (bicyclic) bond motifs is 1. The van der Waals surface area contributed by atoms with Gasteiger partial charge in [0, 0.05) is 25.4 Å². The number of pyridine rings is 1. The van der Waals surface area contributed by atoms with Gasteiger partial charge in [0.25, 0.3) is 0 Å². The van der Waals surface area contributed by atoms with Crippen molar-refractivity contribution >= 4 is 5.65 Å². The first-order chi connectivity index (χ1) is 9.79. The van der Waals surface area contributed by atoms with Crippen LogP contribution in [0.2, 0.25) is 0 Å². The van der Waals surface area contributed by atoms with E-state index in [1.807, 2.05) is 6.20 Å². The van der Waals surface area contributed by atoms with Crippen LogP contribution in [0.25, 0.3) is 5.65 Å². The molecule has 108 valence electrons. The van der Waals surface area contributed by atoms with Crippen LogP contribution in [0.15, 0.2) is 24.5 Å². The lowest BCUT2D eigenvalue weighted by Gasteiger charge is -2.21. The number of aromatic nitrogens is 2. The van der Waals surface area contributed by atoms with Crippen LogP contribution in [-0.4, -0.2) is 38.6 Å². The Morgan fingerprint density at radius 3 is 3.00 bits per heavy atom. The molecule has 1 N–H and O–H groups in total. The van der Waals surface area contributed by atoms with Gasteiger partial charge in [0.15, 0.2) is 0 Å². The molecule has 0 aliphatic heterocycles. The molecule has 0 radical (unpaired) electrons. The van der Waals surface area contributed by atoms with E-state index in [9.17, 15) is 0 Å². The summed E-state index contributed by atoms with van der Waals surface area (Å²) in [5, 5.41) is 8.93. The fourth-order valence-electron chi connectivity index (χ4n) is 2.78. The highest BCUT2D eigenvalue weighted by Crippen LogP contribution is 2.28. The monoisotopic (exact) mass is 273 g/mol. The van der Waals surface area contributed by atoms with Crippen LogP contribution in [0, 0.1) is 6.92 Å². The Morgan fingerprint density at radius 2 is 2.25 bits per heavy atom. The highest BCUT2D eigenvalue weighted by molar-refractivity contribution is 5.48. The quantitative estimate of drug-likeness (QED) is 0.787. The highest BCUT2D eigenvalue weighted by Gasteiger charge is 2.29. The van der Waals surface area contributed by atoms with Crippen molar-refractivity contribution in [3.8, 4) is 0 Å². The van der Waals surface area contributed by atoms with Gasteiger partial charge in [-0.05, 0) is 50.8 Å². The molecule has 0 saturated heterocycles. The molecule has 0 bridgehead atoms. The maximum atomic E-state index is 8.93. The van der Waals surface area contributed by atoms with Crippen LogP contribution >= 0.6 is 0 Å². The van der Waals surface area contributed by atoms with Crippen LogP contribution in [-0.2, 0) is 6.54 Å². The number of rotatable bonds is 7. The van der Waals surface area contributed by atoms with E-state index in [1.54, 1.807) is 0 Å². The topological polar surface area (TPSA) is 40.8 Å². The number of nitrogens with zero attached hydrogens (tertiary/aromatic N) is 3. The summed E-state index contributed by atoms with van der Waals surface area (Å²) in [4.78, 5) is 7.09. The number of hydrogen-bond donors (Lipinski definition) is 1. The minimum absolute atomic E-state index is 0.299. The minimum atomic E-state index is 0.299. The van der Waals surface area contributed by atoms with E-state index in [4.69, 9.17) is 5.11 Å². The third kappa shape index (κ3) is 2.86. The Morgan fingerprint density at radius 1 is 1.40 bits per heavy atom. The molecule has 1 aliphatic carbocycles. The van der Waals surface area contributed by atoms with E-state index < -0.39 is 0 Å². The van der Waals surface area contributed by atoms with E-state index in [0.717, 1.165) is 37.6 Å². The van der Waals surface area contributed by atoms with Crippen molar-refractivity contribution in [2.24, 2.45) is 0 Å². The van der Waals surface area contributed by atoms with Crippen LogP contribution in [0.3, 0.4) is 0 Å². The maximum absolute atomic E-state index is 8.93. The Bertz CT molecular complexity index is 574. The zero-order valence-corrected chi connectivity index (χ0v) is 12.1. The van der Waals surface area contributed by atoms with Crippen LogP contribution in [0.4, 0.5) is 0 Å². The van der Waals surface area contributed by atoms with Crippen molar-refractivity contribution in [1.29, 1.82) is 0 Å². The molecular weight excluding hydrogens is 250 g/mol. The minimum Gasteiger partial charge on any atom is -0.396 e. The second kappa shape index (κ2) is 5.94. The number of aliphatic hydroxyl groups is 1. The van der Waals surface area contributed by atoms with Gasteiger partial charge in [-0.2, -0.15) is 0 Å². The molecular formula is C16H23N3O. The summed E-state index contributed by atoms with van der Waals surface area (Å²) in [6.07, 6.45) is 8.70. The molecule has 0 atom stereocenters. The van der Waals surface area contributed by atoms with Crippen LogP contribution < -0.4 is 0 Å². The van der Waals surface area contributed by atoms with Crippen molar-refractivity contribution < 1.29 is 5.11 Å². The predicted octanol–water partition coefficient (Wildman–Crippen LogP) is 2.38.